The lowest BCUT2D eigenvalue weighted by Crippen LogP contribution is -2.10. The van der Waals surface area contributed by atoms with Gasteiger partial charge in [0.15, 0.2) is 0 Å². The van der Waals surface area contributed by atoms with Gasteiger partial charge in [-0.1, -0.05) is 17.7 Å². The topological polar surface area (TPSA) is 29.1 Å². The molecule has 1 amide bonds. The number of nitrogens with one attached hydrogen (secondary N) is 1. The number of carbonyl (C=O) groups excluding carboxylic acids is 1. The molecule has 0 aliphatic rings. The molecule has 0 unspecified atom stereocenters. The lowest BCUT2D eigenvalue weighted by atomic mass is 10.1. The highest BCUT2D eigenvalue weighted by molar-refractivity contribution is 6.30. The molecule has 0 saturated carbocycles. The fourth-order valence-electron chi connectivity index (χ4n) is 1.01. The summed E-state index contributed by atoms with van der Waals surface area (Å²) in [6.07, 6.45) is 0.689. The Hall–Kier alpha value is -1.02. The van der Waals surface area contributed by atoms with Crippen molar-refractivity contribution in [2.75, 3.05) is 0 Å². The second kappa shape index (κ2) is 4.12. The molecule has 0 aliphatic carbocycles. The molecule has 0 spiro atoms. The third-order valence-corrected chi connectivity index (χ3v) is 1.92. The zero-order valence-corrected chi connectivity index (χ0v) is 7.56. The SMILES string of the molecule is Cc1cc(Cl)ccc1CNC=O. The van der Waals surface area contributed by atoms with Gasteiger partial charge >= 0.3 is 0 Å². The molecule has 0 saturated heterocycles. The summed E-state index contributed by atoms with van der Waals surface area (Å²) in [6.45, 7) is 2.53. The van der Waals surface area contributed by atoms with Crippen LogP contribution in [0.5, 0.6) is 0 Å². The van der Waals surface area contributed by atoms with E-state index in [0.29, 0.717) is 13.0 Å². The summed E-state index contributed by atoms with van der Waals surface area (Å²) in [5, 5.41) is 3.33. The Kier molecular flexibility index (Phi) is 3.11. The maximum Gasteiger partial charge on any atom is 0.207 e. The maximum absolute atomic E-state index is 10.0. The molecule has 2 nitrogen and oxygen atoms in total. The van der Waals surface area contributed by atoms with Crippen molar-refractivity contribution >= 4 is 18.0 Å². The van der Waals surface area contributed by atoms with E-state index in [2.05, 4.69) is 5.32 Å². The predicted octanol–water partition coefficient (Wildman–Crippen LogP) is 1.89. The molecule has 1 N–H and O–H groups in total. The number of hydrogen-bond acceptors (Lipinski definition) is 1. The van der Waals surface area contributed by atoms with Gasteiger partial charge in [-0.05, 0) is 30.2 Å². The van der Waals surface area contributed by atoms with Gasteiger partial charge in [-0.25, -0.2) is 0 Å². The van der Waals surface area contributed by atoms with Crippen molar-refractivity contribution in [3.05, 3.63) is 34.3 Å². The molecule has 0 aliphatic heterocycles. The van der Waals surface area contributed by atoms with Crippen LogP contribution in [0.1, 0.15) is 11.1 Å². The van der Waals surface area contributed by atoms with Crippen LogP contribution in [-0.4, -0.2) is 6.41 Å². The highest BCUT2D eigenvalue weighted by Gasteiger charge is 1.97. The van der Waals surface area contributed by atoms with E-state index in [-0.39, 0.29) is 0 Å². The fourth-order valence-corrected chi connectivity index (χ4v) is 1.24. The molecule has 1 aromatic carbocycles. The van der Waals surface area contributed by atoms with E-state index in [1.54, 1.807) is 0 Å². The predicted molar refractivity (Wildman–Crippen MR) is 49.1 cm³/mol. The van der Waals surface area contributed by atoms with Crippen LogP contribution in [0.15, 0.2) is 18.2 Å². The second-order valence-corrected chi connectivity index (χ2v) is 3.01. The molecule has 3 heteroatoms. The van der Waals surface area contributed by atoms with Gasteiger partial charge in [0.1, 0.15) is 0 Å². The molecule has 0 aromatic heterocycles. The van der Waals surface area contributed by atoms with Crippen molar-refractivity contribution in [2.24, 2.45) is 0 Å². The van der Waals surface area contributed by atoms with Crippen molar-refractivity contribution < 1.29 is 4.79 Å². The van der Waals surface area contributed by atoms with Gasteiger partial charge in [0.2, 0.25) is 6.41 Å². The number of benzene rings is 1. The molecular weight excluding hydrogens is 174 g/mol. The van der Waals surface area contributed by atoms with Crippen LogP contribution in [0.25, 0.3) is 0 Å². The van der Waals surface area contributed by atoms with E-state index >= 15 is 0 Å². The van der Waals surface area contributed by atoms with Gasteiger partial charge in [0, 0.05) is 11.6 Å². The van der Waals surface area contributed by atoms with E-state index in [9.17, 15) is 4.79 Å². The van der Waals surface area contributed by atoms with E-state index < -0.39 is 0 Å². The van der Waals surface area contributed by atoms with Gasteiger partial charge < -0.3 is 5.32 Å². The summed E-state index contributed by atoms with van der Waals surface area (Å²) >= 11 is 5.76. The van der Waals surface area contributed by atoms with E-state index in [1.807, 2.05) is 25.1 Å². The first kappa shape index (κ1) is 9.07. The molecule has 1 rings (SSSR count). The zero-order valence-electron chi connectivity index (χ0n) is 6.80. The molecule has 0 heterocycles. The monoisotopic (exact) mass is 183 g/mol. The van der Waals surface area contributed by atoms with Gasteiger partial charge in [0.25, 0.3) is 0 Å². The van der Waals surface area contributed by atoms with Gasteiger partial charge in [-0.15, -0.1) is 0 Å². The summed E-state index contributed by atoms with van der Waals surface area (Å²) < 4.78 is 0. The standard InChI is InChI=1S/C9H10ClNO/c1-7-4-9(10)3-2-8(7)5-11-6-12/h2-4,6H,5H2,1H3,(H,11,12). The Labute approximate surface area is 76.5 Å². The van der Waals surface area contributed by atoms with Crippen LogP contribution in [0.2, 0.25) is 5.02 Å². The molecule has 1 aromatic rings. The summed E-state index contributed by atoms with van der Waals surface area (Å²) in [4.78, 5) is 10.0. The average molecular weight is 184 g/mol. The Morgan fingerprint density at radius 3 is 2.92 bits per heavy atom. The minimum absolute atomic E-state index is 0.562. The molecule has 0 radical (unpaired) electrons. The fraction of sp³-hybridized carbons (Fsp3) is 0.222. The van der Waals surface area contributed by atoms with Crippen LogP contribution >= 0.6 is 11.6 Å². The first-order chi connectivity index (χ1) is 5.74. The van der Waals surface area contributed by atoms with Crippen LogP contribution < -0.4 is 5.32 Å². The Bertz CT molecular complexity index is 286. The number of carbonyl (C=O) groups is 1. The van der Waals surface area contributed by atoms with E-state index in [0.717, 1.165) is 16.1 Å². The number of halogens is 1. The Morgan fingerprint density at radius 1 is 1.58 bits per heavy atom. The zero-order chi connectivity index (χ0) is 8.97. The first-order valence-electron chi connectivity index (χ1n) is 3.66. The number of rotatable bonds is 3. The van der Waals surface area contributed by atoms with E-state index in [4.69, 9.17) is 11.6 Å². The Balaban J connectivity index is 2.78. The normalized spacial score (nSPS) is 9.50. The molecule has 0 atom stereocenters. The second-order valence-electron chi connectivity index (χ2n) is 2.57. The van der Waals surface area contributed by atoms with Crippen LogP contribution in [0, 0.1) is 6.92 Å². The minimum atomic E-state index is 0.562. The number of hydrogen-bond donors (Lipinski definition) is 1. The number of amides is 1. The van der Waals surface area contributed by atoms with Crippen molar-refractivity contribution in [3.8, 4) is 0 Å². The summed E-state index contributed by atoms with van der Waals surface area (Å²) in [7, 11) is 0. The molecule has 0 bridgehead atoms. The highest BCUT2D eigenvalue weighted by Crippen LogP contribution is 2.14. The van der Waals surface area contributed by atoms with Crippen LogP contribution in [0.4, 0.5) is 0 Å². The Morgan fingerprint density at radius 2 is 2.33 bits per heavy atom. The smallest absolute Gasteiger partial charge is 0.207 e. The lowest BCUT2D eigenvalue weighted by molar-refractivity contribution is -0.109. The van der Waals surface area contributed by atoms with E-state index in [1.165, 1.54) is 0 Å². The largest absolute Gasteiger partial charge is 0.355 e. The molecule has 12 heavy (non-hydrogen) atoms. The third-order valence-electron chi connectivity index (χ3n) is 1.68. The van der Waals surface area contributed by atoms with Crippen molar-refractivity contribution in [2.45, 2.75) is 13.5 Å². The number of aryl methyl sites for hydroxylation is 1. The van der Waals surface area contributed by atoms with Crippen LogP contribution in [-0.2, 0) is 11.3 Å². The summed E-state index contributed by atoms with van der Waals surface area (Å²) in [5.41, 5.74) is 2.18. The van der Waals surface area contributed by atoms with Crippen molar-refractivity contribution in [3.63, 3.8) is 0 Å². The molecule has 64 valence electrons. The minimum Gasteiger partial charge on any atom is -0.355 e. The quantitative estimate of drug-likeness (QED) is 0.713. The van der Waals surface area contributed by atoms with Crippen LogP contribution in [0.3, 0.4) is 0 Å². The van der Waals surface area contributed by atoms with Gasteiger partial charge in [-0.2, -0.15) is 0 Å². The van der Waals surface area contributed by atoms with Crippen molar-refractivity contribution in [1.82, 2.24) is 5.32 Å². The van der Waals surface area contributed by atoms with Gasteiger partial charge in [0.05, 0.1) is 0 Å². The summed E-state index contributed by atoms with van der Waals surface area (Å²) in [5.74, 6) is 0. The molecular formula is C9H10ClNO. The van der Waals surface area contributed by atoms with Crippen molar-refractivity contribution in [1.29, 1.82) is 0 Å². The highest BCUT2D eigenvalue weighted by atomic mass is 35.5. The first-order valence-corrected chi connectivity index (χ1v) is 4.04. The molecule has 0 fully saturated rings. The third kappa shape index (κ3) is 2.24. The summed E-state index contributed by atoms with van der Waals surface area (Å²) in [6, 6.07) is 5.61. The average Bonchev–Trinajstić information content (AvgIpc) is 2.03. The van der Waals surface area contributed by atoms with Gasteiger partial charge in [-0.3, -0.25) is 4.79 Å². The maximum atomic E-state index is 10.0. The lowest BCUT2D eigenvalue weighted by Gasteiger charge is -2.04.